The van der Waals surface area contributed by atoms with Gasteiger partial charge in [-0.2, -0.15) is 0 Å². The largest absolute Gasteiger partial charge is 0.295 e. The first-order chi connectivity index (χ1) is 10.3. The van der Waals surface area contributed by atoms with Crippen molar-refractivity contribution in [2.45, 2.75) is 25.3 Å². The third-order valence-corrected chi connectivity index (χ3v) is 4.30. The molecule has 1 aromatic carbocycles. The molecule has 0 saturated carbocycles. The van der Waals surface area contributed by atoms with Gasteiger partial charge < -0.3 is 0 Å². The van der Waals surface area contributed by atoms with Crippen LogP contribution in [0, 0.1) is 0 Å². The summed E-state index contributed by atoms with van der Waals surface area (Å²) < 4.78 is 1.79. The van der Waals surface area contributed by atoms with Crippen LogP contribution in [-0.2, 0) is 12.8 Å². The summed E-state index contributed by atoms with van der Waals surface area (Å²) in [4.78, 5) is 21.0. The zero-order chi connectivity index (χ0) is 14.2. The first kappa shape index (κ1) is 12.3. The van der Waals surface area contributed by atoms with Crippen LogP contribution in [0.2, 0.25) is 0 Å². The molecule has 0 radical (unpaired) electrons. The molecule has 0 amide bonds. The molecule has 1 unspecified atom stereocenters. The van der Waals surface area contributed by atoms with Gasteiger partial charge in [0.05, 0.1) is 23.4 Å². The molecule has 0 saturated heterocycles. The summed E-state index contributed by atoms with van der Waals surface area (Å²) in [6, 6.07) is 10.4. The van der Waals surface area contributed by atoms with Crippen molar-refractivity contribution < 1.29 is 0 Å². The molecule has 2 aromatic heterocycles. The van der Waals surface area contributed by atoms with E-state index < -0.39 is 0 Å². The average molecular weight is 277 g/mol. The van der Waals surface area contributed by atoms with E-state index in [1.54, 1.807) is 29.4 Å². The van der Waals surface area contributed by atoms with Crippen LogP contribution in [0.15, 0.2) is 53.8 Å². The molecule has 4 heteroatoms. The molecule has 0 N–H and O–H groups in total. The average Bonchev–Trinajstić information content (AvgIpc) is 2.55. The SMILES string of the molecule is O=c1c2ccncc2ncn1C1CCc2ccccc2C1. The molecule has 21 heavy (non-hydrogen) atoms. The van der Waals surface area contributed by atoms with Crippen LogP contribution in [0.1, 0.15) is 23.6 Å². The first-order valence-corrected chi connectivity index (χ1v) is 7.20. The molecule has 104 valence electrons. The summed E-state index contributed by atoms with van der Waals surface area (Å²) >= 11 is 0. The normalized spacial score (nSPS) is 17.6. The maximum absolute atomic E-state index is 12.6. The van der Waals surface area contributed by atoms with Gasteiger partial charge in [-0.05, 0) is 36.5 Å². The van der Waals surface area contributed by atoms with Crippen LogP contribution in [-0.4, -0.2) is 14.5 Å². The van der Waals surface area contributed by atoms with E-state index >= 15 is 0 Å². The predicted molar refractivity (Wildman–Crippen MR) is 81.3 cm³/mol. The Hall–Kier alpha value is -2.49. The molecule has 4 nitrogen and oxygen atoms in total. The second kappa shape index (κ2) is 4.81. The lowest BCUT2D eigenvalue weighted by molar-refractivity contribution is 0.429. The van der Waals surface area contributed by atoms with Gasteiger partial charge in [-0.1, -0.05) is 24.3 Å². The fourth-order valence-electron chi connectivity index (χ4n) is 3.16. The van der Waals surface area contributed by atoms with Crippen LogP contribution in [0.3, 0.4) is 0 Å². The predicted octanol–water partition coefficient (Wildman–Crippen LogP) is 2.52. The van der Waals surface area contributed by atoms with Gasteiger partial charge in [-0.25, -0.2) is 4.98 Å². The van der Waals surface area contributed by atoms with Crippen molar-refractivity contribution in [1.82, 2.24) is 14.5 Å². The summed E-state index contributed by atoms with van der Waals surface area (Å²) in [5, 5.41) is 0.645. The van der Waals surface area contributed by atoms with Crippen molar-refractivity contribution in [3.8, 4) is 0 Å². The number of aromatic nitrogens is 3. The monoisotopic (exact) mass is 277 g/mol. The molecule has 0 fully saturated rings. The third kappa shape index (κ3) is 2.03. The Bertz CT molecular complexity index is 869. The van der Waals surface area contributed by atoms with Crippen molar-refractivity contribution in [3.63, 3.8) is 0 Å². The van der Waals surface area contributed by atoms with Gasteiger partial charge in [0.15, 0.2) is 0 Å². The number of fused-ring (bicyclic) bond motifs is 2. The zero-order valence-corrected chi connectivity index (χ0v) is 11.6. The molecule has 0 bridgehead atoms. The molecule has 1 aliphatic carbocycles. The van der Waals surface area contributed by atoms with E-state index in [1.807, 2.05) is 0 Å². The summed E-state index contributed by atoms with van der Waals surface area (Å²) in [5.41, 5.74) is 3.44. The van der Waals surface area contributed by atoms with E-state index in [4.69, 9.17) is 0 Å². The lowest BCUT2D eigenvalue weighted by Gasteiger charge is -2.26. The standard InChI is InChI=1S/C17H15N3O/c21-17-15-7-8-18-10-16(15)19-11-20(17)14-6-5-12-3-1-2-4-13(12)9-14/h1-4,7-8,10-11,14H,5-6,9H2. The Morgan fingerprint density at radius 2 is 2.00 bits per heavy atom. The number of pyridine rings is 1. The van der Waals surface area contributed by atoms with Gasteiger partial charge in [-0.3, -0.25) is 14.3 Å². The van der Waals surface area contributed by atoms with Gasteiger partial charge in [0.2, 0.25) is 0 Å². The van der Waals surface area contributed by atoms with Crippen LogP contribution >= 0.6 is 0 Å². The van der Waals surface area contributed by atoms with Crippen molar-refractivity contribution in [1.29, 1.82) is 0 Å². The van der Waals surface area contributed by atoms with Crippen LogP contribution in [0.25, 0.3) is 10.9 Å². The highest BCUT2D eigenvalue weighted by molar-refractivity contribution is 5.75. The maximum Gasteiger partial charge on any atom is 0.261 e. The zero-order valence-electron chi connectivity index (χ0n) is 11.6. The van der Waals surface area contributed by atoms with Crippen LogP contribution in [0.4, 0.5) is 0 Å². The molecular weight excluding hydrogens is 262 g/mol. The third-order valence-electron chi connectivity index (χ3n) is 4.30. The second-order valence-corrected chi connectivity index (χ2v) is 5.52. The van der Waals surface area contributed by atoms with Crippen LogP contribution < -0.4 is 5.56 Å². The topological polar surface area (TPSA) is 47.8 Å². The number of aryl methyl sites for hydroxylation is 1. The number of hydrogen-bond donors (Lipinski definition) is 0. The molecule has 4 rings (SSSR count). The Morgan fingerprint density at radius 1 is 1.14 bits per heavy atom. The van der Waals surface area contributed by atoms with Crippen molar-refractivity contribution in [2.24, 2.45) is 0 Å². The minimum Gasteiger partial charge on any atom is -0.295 e. The van der Waals surface area contributed by atoms with Gasteiger partial charge in [0, 0.05) is 12.2 Å². The number of hydrogen-bond acceptors (Lipinski definition) is 3. The fourth-order valence-corrected chi connectivity index (χ4v) is 3.16. The summed E-state index contributed by atoms with van der Waals surface area (Å²) in [7, 11) is 0. The molecule has 1 atom stereocenters. The molecule has 1 aliphatic rings. The minimum absolute atomic E-state index is 0.0341. The van der Waals surface area contributed by atoms with Gasteiger partial charge >= 0.3 is 0 Å². The van der Waals surface area contributed by atoms with Gasteiger partial charge in [0.1, 0.15) is 0 Å². The second-order valence-electron chi connectivity index (χ2n) is 5.52. The lowest BCUT2D eigenvalue weighted by Crippen LogP contribution is -2.29. The minimum atomic E-state index is 0.0341. The van der Waals surface area contributed by atoms with E-state index in [-0.39, 0.29) is 11.6 Å². The van der Waals surface area contributed by atoms with Crippen molar-refractivity contribution in [2.75, 3.05) is 0 Å². The smallest absolute Gasteiger partial charge is 0.261 e. The molecule has 0 spiro atoms. The van der Waals surface area contributed by atoms with E-state index in [0.29, 0.717) is 10.9 Å². The number of rotatable bonds is 1. The van der Waals surface area contributed by atoms with Crippen LogP contribution in [0.5, 0.6) is 0 Å². The highest BCUT2D eigenvalue weighted by Gasteiger charge is 2.21. The molecule has 0 aliphatic heterocycles. The summed E-state index contributed by atoms with van der Waals surface area (Å²) in [6.45, 7) is 0. The highest BCUT2D eigenvalue weighted by Crippen LogP contribution is 2.27. The summed E-state index contributed by atoms with van der Waals surface area (Å²) in [5.74, 6) is 0. The molecule has 3 aromatic rings. The lowest BCUT2D eigenvalue weighted by atomic mass is 9.88. The van der Waals surface area contributed by atoms with Gasteiger partial charge in [0.25, 0.3) is 5.56 Å². The van der Waals surface area contributed by atoms with E-state index in [9.17, 15) is 4.79 Å². The Morgan fingerprint density at radius 3 is 2.90 bits per heavy atom. The van der Waals surface area contributed by atoms with E-state index in [1.165, 1.54) is 11.1 Å². The Labute approximate surface area is 122 Å². The van der Waals surface area contributed by atoms with Crippen molar-refractivity contribution >= 4 is 10.9 Å². The quantitative estimate of drug-likeness (QED) is 0.686. The highest BCUT2D eigenvalue weighted by atomic mass is 16.1. The van der Waals surface area contributed by atoms with Crippen molar-refractivity contribution in [3.05, 3.63) is 70.5 Å². The number of nitrogens with zero attached hydrogens (tertiary/aromatic N) is 3. The first-order valence-electron chi connectivity index (χ1n) is 7.20. The molecular formula is C17H15N3O. The van der Waals surface area contributed by atoms with E-state index in [0.717, 1.165) is 19.3 Å². The Balaban J connectivity index is 1.78. The molecule has 2 heterocycles. The summed E-state index contributed by atoms with van der Waals surface area (Å²) in [6.07, 6.45) is 7.85. The van der Waals surface area contributed by atoms with Gasteiger partial charge in [-0.15, -0.1) is 0 Å². The fraction of sp³-hybridized carbons (Fsp3) is 0.235. The maximum atomic E-state index is 12.6. The van der Waals surface area contributed by atoms with E-state index in [2.05, 4.69) is 34.2 Å². The number of benzene rings is 1. The Kier molecular flexibility index (Phi) is 2.81.